The topological polar surface area (TPSA) is 37.0 Å². The summed E-state index contributed by atoms with van der Waals surface area (Å²) in [5.41, 5.74) is 1.26. The average Bonchev–Trinajstić information content (AvgIpc) is 2.46. The molecule has 1 aromatic rings. The number of anilines is 1. The quantitative estimate of drug-likeness (QED) is 0.775. The number of aromatic nitrogens is 1. The molecule has 1 saturated heterocycles. The number of hydrogen-bond acceptors (Lipinski definition) is 3. The molecule has 1 aliphatic rings. The minimum atomic E-state index is 0.578. The van der Waals surface area contributed by atoms with Crippen LogP contribution in [0.1, 0.15) is 24.8 Å². The zero-order valence-corrected chi connectivity index (χ0v) is 9.29. The number of rotatable bonds is 2. The molecule has 15 heavy (non-hydrogen) atoms. The predicted octanol–water partition coefficient (Wildman–Crippen LogP) is 1.94. The van der Waals surface area contributed by atoms with Crippen molar-refractivity contribution < 1.29 is 0 Å². The smallest absolute Gasteiger partial charge is 0.126 e. The van der Waals surface area contributed by atoms with E-state index in [9.17, 15) is 0 Å². The fraction of sp³-hybridized carbons (Fsp3) is 0.583. The van der Waals surface area contributed by atoms with Crippen LogP contribution in [-0.2, 0) is 0 Å². The Morgan fingerprint density at radius 1 is 1.40 bits per heavy atom. The van der Waals surface area contributed by atoms with Crippen LogP contribution < -0.4 is 10.6 Å². The van der Waals surface area contributed by atoms with E-state index in [1.807, 2.05) is 12.3 Å². The normalized spacial score (nSPS) is 22.1. The highest BCUT2D eigenvalue weighted by atomic mass is 15.0. The van der Waals surface area contributed by atoms with Gasteiger partial charge in [-0.3, -0.25) is 0 Å². The lowest BCUT2D eigenvalue weighted by Crippen LogP contribution is -2.22. The summed E-state index contributed by atoms with van der Waals surface area (Å²) in [6.07, 6.45) is 5.55. The van der Waals surface area contributed by atoms with Crippen molar-refractivity contribution in [3.05, 3.63) is 23.9 Å². The SMILES string of the molecule is Cc1ccnc(NC2CCCNCC2)c1. The van der Waals surface area contributed by atoms with Crippen molar-refractivity contribution in [2.45, 2.75) is 32.2 Å². The van der Waals surface area contributed by atoms with Gasteiger partial charge in [0.1, 0.15) is 5.82 Å². The van der Waals surface area contributed by atoms with E-state index in [2.05, 4.69) is 28.6 Å². The maximum Gasteiger partial charge on any atom is 0.126 e. The third kappa shape index (κ3) is 3.20. The summed E-state index contributed by atoms with van der Waals surface area (Å²) in [4.78, 5) is 4.33. The van der Waals surface area contributed by atoms with E-state index in [0.717, 1.165) is 18.9 Å². The molecule has 1 aromatic heterocycles. The Balaban J connectivity index is 1.95. The van der Waals surface area contributed by atoms with Crippen molar-refractivity contribution in [2.24, 2.45) is 0 Å². The van der Waals surface area contributed by atoms with Crippen LogP contribution in [0, 0.1) is 6.92 Å². The molecule has 0 aliphatic carbocycles. The molecule has 82 valence electrons. The van der Waals surface area contributed by atoms with Gasteiger partial charge in [-0.15, -0.1) is 0 Å². The number of hydrogen-bond donors (Lipinski definition) is 2. The molecule has 2 rings (SSSR count). The first-order valence-corrected chi connectivity index (χ1v) is 5.74. The molecule has 0 spiro atoms. The van der Waals surface area contributed by atoms with Gasteiger partial charge in [0.2, 0.25) is 0 Å². The third-order valence-corrected chi connectivity index (χ3v) is 2.84. The summed E-state index contributed by atoms with van der Waals surface area (Å²) >= 11 is 0. The van der Waals surface area contributed by atoms with E-state index in [0.29, 0.717) is 6.04 Å². The molecule has 1 fully saturated rings. The maximum atomic E-state index is 4.33. The highest BCUT2D eigenvalue weighted by Gasteiger charge is 2.11. The van der Waals surface area contributed by atoms with Gasteiger partial charge in [-0.2, -0.15) is 0 Å². The molecular formula is C12H19N3. The Bertz CT molecular complexity index is 303. The molecule has 1 atom stereocenters. The number of aryl methyl sites for hydroxylation is 1. The van der Waals surface area contributed by atoms with Crippen molar-refractivity contribution in [1.29, 1.82) is 0 Å². The van der Waals surface area contributed by atoms with Crippen LogP contribution in [-0.4, -0.2) is 24.1 Å². The molecule has 0 amide bonds. The summed E-state index contributed by atoms with van der Waals surface area (Å²) in [6.45, 7) is 4.37. The molecule has 1 unspecified atom stereocenters. The standard InChI is InChI=1S/C12H19N3/c1-10-4-8-14-12(9-10)15-11-3-2-6-13-7-5-11/h4,8-9,11,13H,2-3,5-7H2,1H3,(H,14,15). The zero-order valence-electron chi connectivity index (χ0n) is 9.29. The van der Waals surface area contributed by atoms with E-state index in [-0.39, 0.29) is 0 Å². The first-order valence-electron chi connectivity index (χ1n) is 5.74. The highest BCUT2D eigenvalue weighted by Crippen LogP contribution is 2.13. The number of pyridine rings is 1. The Labute approximate surface area is 91.3 Å². The molecule has 3 heteroatoms. The first kappa shape index (κ1) is 10.4. The maximum absolute atomic E-state index is 4.33. The minimum absolute atomic E-state index is 0.578. The van der Waals surface area contributed by atoms with Gasteiger partial charge in [0.15, 0.2) is 0 Å². The minimum Gasteiger partial charge on any atom is -0.367 e. The van der Waals surface area contributed by atoms with Gasteiger partial charge in [-0.25, -0.2) is 4.98 Å². The molecule has 3 nitrogen and oxygen atoms in total. The summed E-state index contributed by atoms with van der Waals surface area (Å²) in [5, 5.41) is 6.92. The Morgan fingerprint density at radius 2 is 2.33 bits per heavy atom. The van der Waals surface area contributed by atoms with Gasteiger partial charge < -0.3 is 10.6 Å². The largest absolute Gasteiger partial charge is 0.367 e. The summed E-state index contributed by atoms with van der Waals surface area (Å²) in [5.74, 6) is 1.02. The lowest BCUT2D eigenvalue weighted by molar-refractivity contribution is 0.635. The van der Waals surface area contributed by atoms with Gasteiger partial charge in [0.05, 0.1) is 0 Å². The highest BCUT2D eigenvalue weighted by molar-refractivity contribution is 5.37. The molecule has 0 bridgehead atoms. The third-order valence-electron chi connectivity index (χ3n) is 2.84. The van der Waals surface area contributed by atoms with E-state index in [4.69, 9.17) is 0 Å². The lowest BCUT2D eigenvalue weighted by atomic mass is 10.1. The van der Waals surface area contributed by atoms with Gasteiger partial charge in [-0.05, 0) is 57.0 Å². The molecule has 1 aliphatic heterocycles. The van der Waals surface area contributed by atoms with Crippen LogP contribution in [0.4, 0.5) is 5.82 Å². The molecule has 2 N–H and O–H groups in total. The molecule has 0 aromatic carbocycles. The summed E-state index contributed by atoms with van der Waals surface area (Å²) < 4.78 is 0. The van der Waals surface area contributed by atoms with Crippen molar-refractivity contribution in [3.63, 3.8) is 0 Å². The Morgan fingerprint density at radius 3 is 3.20 bits per heavy atom. The molecule has 0 saturated carbocycles. The van der Waals surface area contributed by atoms with Gasteiger partial charge in [-0.1, -0.05) is 0 Å². The van der Waals surface area contributed by atoms with E-state index in [1.54, 1.807) is 0 Å². The number of nitrogens with one attached hydrogen (secondary N) is 2. The van der Waals surface area contributed by atoms with Crippen LogP contribution in [0.25, 0.3) is 0 Å². The fourth-order valence-electron chi connectivity index (χ4n) is 1.99. The Hall–Kier alpha value is -1.09. The Kier molecular flexibility index (Phi) is 3.56. The van der Waals surface area contributed by atoms with Crippen LogP contribution in [0.3, 0.4) is 0 Å². The van der Waals surface area contributed by atoms with Crippen molar-refractivity contribution in [1.82, 2.24) is 10.3 Å². The van der Waals surface area contributed by atoms with Crippen molar-refractivity contribution in [3.8, 4) is 0 Å². The van der Waals surface area contributed by atoms with Crippen molar-refractivity contribution >= 4 is 5.82 Å². The second-order valence-corrected chi connectivity index (χ2v) is 4.24. The molecular weight excluding hydrogens is 186 g/mol. The summed E-state index contributed by atoms with van der Waals surface area (Å²) in [7, 11) is 0. The van der Waals surface area contributed by atoms with E-state index < -0.39 is 0 Å². The fourth-order valence-corrected chi connectivity index (χ4v) is 1.99. The van der Waals surface area contributed by atoms with Crippen LogP contribution >= 0.6 is 0 Å². The second kappa shape index (κ2) is 5.12. The van der Waals surface area contributed by atoms with Crippen LogP contribution in [0.2, 0.25) is 0 Å². The van der Waals surface area contributed by atoms with E-state index >= 15 is 0 Å². The number of nitrogens with zero attached hydrogens (tertiary/aromatic N) is 1. The lowest BCUT2D eigenvalue weighted by Gasteiger charge is -2.16. The first-order chi connectivity index (χ1) is 7.34. The van der Waals surface area contributed by atoms with Gasteiger partial charge >= 0.3 is 0 Å². The predicted molar refractivity (Wildman–Crippen MR) is 63.1 cm³/mol. The zero-order chi connectivity index (χ0) is 10.5. The molecule has 2 heterocycles. The van der Waals surface area contributed by atoms with Gasteiger partial charge in [0.25, 0.3) is 0 Å². The van der Waals surface area contributed by atoms with Crippen molar-refractivity contribution in [2.75, 3.05) is 18.4 Å². The van der Waals surface area contributed by atoms with Crippen LogP contribution in [0.5, 0.6) is 0 Å². The van der Waals surface area contributed by atoms with Crippen LogP contribution in [0.15, 0.2) is 18.3 Å². The average molecular weight is 205 g/mol. The molecule has 0 radical (unpaired) electrons. The van der Waals surface area contributed by atoms with E-state index in [1.165, 1.54) is 24.8 Å². The monoisotopic (exact) mass is 205 g/mol. The summed E-state index contributed by atoms with van der Waals surface area (Å²) in [6, 6.07) is 4.72. The second-order valence-electron chi connectivity index (χ2n) is 4.24. The van der Waals surface area contributed by atoms with Gasteiger partial charge in [0, 0.05) is 12.2 Å².